The van der Waals surface area contributed by atoms with Crippen LogP contribution in [0.4, 0.5) is 5.82 Å². The third kappa shape index (κ3) is 2.94. The van der Waals surface area contributed by atoms with E-state index in [9.17, 15) is 0 Å². The van der Waals surface area contributed by atoms with E-state index in [2.05, 4.69) is 55.7 Å². The number of aromatic nitrogens is 6. The van der Waals surface area contributed by atoms with Gasteiger partial charge in [0.05, 0.1) is 24.4 Å². The summed E-state index contributed by atoms with van der Waals surface area (Å²) < 4.78 is 4.17. The molecule has 0 bridgehead atoms. The van der Waals surface area contributed by atoms with Gasteiger partial charge in [-0.15, -0.1) is 0 Å². The van der Waals surface area contributed by atoms with Crippen LogP contribution in [0, 0.1) is 5.92 Å². The molecule has 138 valence electrons. The lowest BCUT2D eigenvalue weighted by atomic mass is 9.87. The highest BCUT2D eigenvalue weighted by Gasteiger charge is 2.32. The Morgan fingerprint density at radius 1 is 1.19 bits per heavy atom. The second kappa shape index (κ2) is 7.03. The molecule has 1 aliphatic heterocycles. The molecule has 0 radical (unpaired) electrons. The Balaban J connectivity index is 1.56. The number of hydrogen-bond acceptors (Lipinski definition) is 6. The minimum Gasteiger partial charge on any atom is -0.368 e. The molecule has 0 saturated carbocycles. The lowest BCUT2D eigenvalue weighted by Gasteiger charge is -2.39. The maximum Gasteiger partial charge on any atom is 0.165 e. The Hall–Kier alpha value is -2.48. The molecular weight excluding hydrogens is 328 g/mol. The summed E-state index contributed by atoms with van der Waals surface area (Å²) in [5.41, 5.74) is 2.99. The summed E-state index contributed by atoms with van der Waals surface area (Å²) in [5, 5.41) is 3.54. The van der Waals surface area contributed by atoms with Gasteiger partial charge in [0.15, 0.2) is 11.5 Å². The highest BCUT2D eigenvalue weighted by atomic mass is 15.2. The number of rotatable bonds is 5. The fourth-order valence-electron chi connectivity index (χ4n) is 4.06. The van der Waals surface area contributed by atoms with E-state index in [1.807, 2.05) is 23.4 Å². The summed E-state index contributed by atoms with van der Waals surface area (Å²) >= 11 is 0. The summed E-state index contributed by atoms with van der Waals surface area (Å²) in [4.78, 5) is 20.1. The summed E-state index contributed by atoms with van der Waals surface area (Å²) in [6.45, 7) is 4.91. The van der Waals surface area contributed by atoms with E-state index >= 15 is 0 Å². The number of anilines is 1. The summed E-state index contributed by atoms with van der Waals surface area (Å²) in [6, 6.07) is 0.356. The van der Waals surface area contributed by atoms with Crippen molar-refractivity contribution in [2.45, 2.75) is 32.4 Å². The van der Waals surface area contributed by atoms with Crippen molar-refractivity contribution in [3.8, 4) is 0 Å². The molecule has 1 N–H and O–H groups in total. The zero-order valence-corrected chi connectivity index (χ0v) is 15.6. The number of hydrogen-bond donors (Lipinski definition) is 1. The average molecular weight is 354 g/mol. The van der Waals surface area contributed by atoms with Gasteiger partial charge in [-0.05, 0) is 39.3 Å². The topological polar surface area (TPSA) is 76.7 Å². The Labute approximate surface area is 153 Å². The first kappa shape index (κ1) is 17.0. The molecular formula is C18H26N8. The fourth-order valence-corrected chi connectivity index (χ4v) is 4.06. The monoisotopic (exact) mass is 354 g/mol. The predicted octanol–water partition coefficient (Wildman–Crippen LogP) is 2.07. The van der Waals surface area contributed by atoms with Gasteiger partial charge in [-0.25, -0.2) is 19.9 Å². The quantitative estimate of drug-likeness (QED) is 0.756. The summed E-state index contributed by atoms with van der Waals surface area (Å²) in [6.07, 6.45) is 9.71. The van der Waals surface area contributed by atoms with Crippen LogP contribution < -0.4 is 5.32 Å². The second-order valence-electron chi connectivity index (χ2n) is 7.06. The SMILES string of the molecule is CCn1cnc2c(NC[C@@H]3CCCN(C)[C@H]3c3cncn3C)ncnc21. The van der Waals surface area contributed by atoms with Crippen LogP contribution in [0.5, 0.6) is 0 Å². The van der Waals surface area contributed by atoms with Crippen LogP contribution in [0.2, 0.25) is 0 Å². The lowest BCUT2D eigenvalue weighted by molar-refractivity contribution is 0.122. The largest absolute Gasteiger partial charge is 0.368 e. The summed E-state index contributed by atoms with van der Waals surface area (Å²) in [5.74, 6) is 1.31. The van der Waals surface area contributed by atoms with Crippen LogP contribution in [0.1, 0.15) is 31.5 Å². The molecule has 0 spiro atoms. The van der Waals surface area contributed by atoms with Crippen molar-refractivity contribution in [2.75, 3.05) is 25.5 Å². The summed E-state index contributed by atoms with van der Waals surface area (Å²) in [7, 11) is 4.27. The van der Waals surface area contributed by atoms with Gasteiger partial charge in [-0.3, -0.25) is 4.90 Å². The molecule has 0 unspecified atom stereocenters. The van der Waals surface area contributed by atoms with Crippen molar-refractivity contribution >= 4 is 17.0 Å². The molecule has 3 aromatic heterocycles. The van der Waals surface area contributed by atoms with E-state index in [1.165, 1.54) is 18.5 Å². The number of likely N-dealkylation sites (tertiary alicyclic amines) is 1. The minimum absolute atomic E-state index is 0.356. The van der Waals surface area contributed by atoms with Crippen molar-refractivity contribution in [1.82, 2.24) is 34.0 Å². The molecule has 8 heteroatoms. The van der Waals surface area contributed by atoms with Gasteiger partial charge < -0.3 is 14.5 Å². The molecule has 1 fully saturated rings. The lowest BCUT2D eigenvalue weighted by Crippen LogP contribution is -2.39. The van der Waals surface area contributed by atoms with Gasteiger partial charge in [0.1, 0.15) is 11.8 Å². The van der Waals surface area contributed by atoms with E-state index in [0.717, 1.165) is 36.6 Å². The highest BCUT2D eigenvalue weighted by molar-refractivity contribution is 5.82. The van der Waals surface area contributed by atoms with Crippen molar-refractivity contribution in [3.05, 3.63) is 30.9 Å². The van der Waals surface area contributed by atoms with Crippen LogP contribution in [0.25, 0.3) is 11.2 Å². The number of aryl methyl sites for hydroxylation is 2. The van der Waals surface area contributed by atoms with Crippen LogP contribution in [-0.2, 0) is 13.6 Å². The third-order valence-electron chi connectivity index (χ3n) is 5.44. The number of nitrogens with zero attached hydrogens (tertiary/aromatic N) is 7. The van der Waals surface area contributed by atoms with E-state index in [0.29, 0.717) is 12.0 Å². The van der Waals surface area contributed by atoms with Gasteiger partial charge >= 0.3 is 0 Å². The van der Waals surface area contributed by atoms with Gasteiger partial charge in [0.25, 0.3) is 0 Å². The van der Waals surface area contributed by atoms with Crippen molar-refractivity contribution in [3.63, 3.8) is 0 Å². The van der Waals surface area contributed by atoms with Gasteiger partial charge in [0.2, 0.25) is 0 Å². The standard InChI is InChI=1S/C18H26N8/c1-4-26-12-23-15-17(21-10-22-18(15)26)20-8-13-6-5-7-24(2)16(13)14-9-19-11-25(14)3/h9-13,16H,4-8H2,1-3H3,(H,20,21,22)/t13-,16+/m0/s1. The molecule has 8 nitrogen and oxygen atoms in total. The smallest absolute Gasteiger partial charge is 0.165 e. The molecule has 0 aliphatic carbocycles. The molecule has 0 amide bonds. The first-order chi connectivity index (χ1) is 12.7. The first-order valence-corrected chi connectivity index (χ1v) is 9.25. The molecule has 4 heterocycles. The maximum atomic E-state index is 4.50. The van der Waals surface area contributed by atoms with Crippen molar-refractivity contribution in [1.29, 1.82) is 0 Å². The zero-order valence-electron chi connectivity index (χ0n) is 15.6. The Kier molecular flexibility index (Phi) is 4.58. The molecule has 26 heavy (non-hydrogen) atoms. The van der Waals surface area contributed by atoms with Crippen LogP contribution in [-0.4, -0.2) is 54.1 Å². The zero-order chi connectivity index (χ0) is 18.1. The second-order valence-corrected chi connectivity index (χ2v) is 7.06. The first-order valence-electron chi connectivity index (χ1n) is 9.25. The molecule has 4 rings (SSSR count). The molecule has 1 saturated heterocycles. The molecule has 1 aliphatic rings. The Morgan fingerprint density at radius 2 is 2.08 bits per heavy atom. The van der Waals surface area contributed by atoms with Gasteiger partial charge in [0, 0.05) is 26.3 Å². The van der Waals surface area contributed by atoms with Crippen LogP contribution in [0.3, 0.4) is 0 Å². The van der Waals surface area contributed by atoms with Crippen molar-refractivity contribution < 1.29 is 0 Å². The Morgan fingerprint density at radius 3 is 2.85 bits per heavy atom. The van der Waals surface area contributed by atoms with E-state index in [1.54, 1.807) is 6.33 Å². The minimum atomic E-state index is 0.356. The molecule has 3 aromatic rings. The Bertz CT molecular complexity index is 882. The van der Waals surface area contributed by atoms with E-state index in [-0.39, 0.29) is 0 Å². The van der Waals surface area contributed by atoms with E-state index < -0.39 is 0 Å². The van der Waals surface area contributed by atoms with E-state index in [4.69, 9.17) is 0 Å². The maximum absolute atomic E-state index is 4.50. The van der Waals surface area contributed by atoms with Crippen molar-refractivity contribution in [2.24, 2.45) is 13.0 Å². The fraction of sp³-hybridized carbons (Fsp3) is 0.556. The average Bonchev–Trinajstić information content (AvgIpc) is 3.26. The number of piperidine rings is 1. The number of fused-ring (bicyclic) bond motifs is 1. The molecule has 2 atom stereocenters. The third-order valence-corrected chi connectivity index (χ3v) is 5.44. The van der Waals surface area contributed by atoms with Crippen LogP contribution >= 0.6 is 0 Å². The number of nitrogens with one attached hydrogen (secondary N) is 1. The molecule has 0 aromatic carbocycles. The van der Waals surface area contributed by atoms with Gasteiger partial charge in [-0.1, -0.05) is 0 Å². The highest BCUT2D eigenvalue weighted by Crippen LogP contribution is 2.35. The van der Waals surface area contributed by atoms with Crippen LogP contribution in [0.15, 0.2) is 25.2 Å². The van der Waals surface area contributed by atoms with Gasteiger partial charge in [-0.2, -0.15) is 0 Å². The normalized spacial score (nSPS) is 21.3. The number of imidazole rings is 2. The predicted molar refractivity (Wildman–Crippen MR) is 101 cm³/mol.